The molecule has 1 aromatic carbocycles. The third-order valence-electron chi connectivity index (χ3n) is 3.66. The quantitative estimate of drug-likeness (QED) is 0.869. The molecule has 19 heavy (non-hydrogen) atoms. The van der Waals surface area contributed by atoms with Crippen LogP contribution in [-0.2, 0) is 10.0 Å². The van der Waals surface area contributed by atoms with E-state index in [1.54, 1.807) is 6.07 Å². The van der Waals surface area contributed by atoms with E-state index in [0.717, 1.165) is 30.4 Å². The molecule has 2 unspecified atom stereocenters. The zero-order valence-electron chi connectivity index (χ0n) is 11.3. The van der Waals surface area contributed by atoms with Crippen LogP contribution in [0.15, 0.2) is 23.1 Å². The maximum absolute atomic E-state index is 12.3. The third kappa shape index (κ3) is 3.71. The summed E-state index contributed by atoms with van der Waals surface area (Å²) in [6, 6.07) is 5.39. The van der Waals surface area contributed by atoms with Gasteiger partial charge in [-0.05, 0) is 50.7 Å². The van der Waals surface area contributed by atoms with E-state index in [1.807, 2.05) is 26.0 Å². The molecule has 2 rings (SSSR count). The Morgan fingerprint density at radius 3 is 2.63 bits per heavy atom. The second kappa shape index (κ2) is 5.81. The summed E-state index contributed by atoms with van der Waals surface area (Å²) in [5, 5.41) is 0.204. The molecule has 0 heterocycles. The zero-order chi connectivity index (χ0) is 14.0. The van der Waals surface area contributed by atoms with E-state index in [-0.39, 0.29) is 5.38 Å². The Kier molecular flexibility index (Phi) is 4.54. The fourth-order valence-corrected chi connectivity index (χ4v) is 4.32. The van der Waals surface area contributed by atoms with Gasteiger partial charge in [-0.25, -0.2) is 13.1 Å². The third-order valence-corrected chi connectivity index (χ3v) is 5.64. The Hall–Kier alpha value is -0.580. The Morgan fingerprint density at radius 1 is 1.32 bits per heavy atom. The predicted molar refractivity (Wildman–Crippen MR) is 78.1 cm³/mol. The van der Waals surface area contributed by atoms with Gasteiger partial charge in [-0.1, -0.05) is 17.7 Å². The van der Waals surface area contributed by atoms with Crippen molar-refractivity contribution in [2.75, 3.05) is 6.54 Å². The van der Waals surface area contributed by atoms with Gasteiger partial charge in [0.05, 0.1) is 4.90 Å². The molecule has 2 atom stereocenters. The molecule has 1 aliphatic rings. The van der Waals surface area contributed by atoms with Crippen LogP contribution in [0, 0.1) is 19.8 Å². The number of hydrogen-bond donors (Lipinski definition) is 1. The highest BCUT2D eigenvalue weighted by molar-refractivity contribution is 7.89. The van der Waals surface area contributed by atoms with Gasteiger partial charge in [-0.15, -0.1) is 11.6 Å². The van der Waals surface area contributed by atoms with Crippen LogP contribution < -0.4 is 4.72 Å². The first-order chi connectivity index (χ1) is 8.88. The van der Waals surface area contributed by atoms with Gasteiger partial charge in [-0.2, -0.15) is 0 Å². The Bertz CT molecular complexity index is 557. The minimum absolute atomic E-state index is 0.204. The molecule has 0 aromatic heterocycles. The monoisotopic (exact) mass is 301 g/mol. The molecular formula is C14H20ClNO2S. The molecule has 0 amide bonds. The van der Waals surface area contributed by atoms with E-state index in [2.05, 4.69) is 4.72 Å². The molecule has 1 aliphatic carbocycles. The second-order valence-electron chi connectivity index (χ2n) is 5.40. The number of rotatable bonds is 4. The molecule has 1 saturated carbocycles. The molecule has 1 N–H and O–H groups in total. The molecule has 106 valence electrons. The molecule has 5 heteroatoms. The van der Waals surface area contributed by atoms with Crippen molar-refractivity contribution in [1.29, 1.82) is 0 Å². The van der Waals surface area contributed by atoms with E-state index < -0.39 is 10.0 Å². The van der Waals surface area contributed by atoms with Gasteiger partial charge in [0.15, 0.2) is 0 Å². The lowest BCUT2D eigenvalue weighted by atomic mass is 10.1. The van der Waals surface area contributed by atoms with Crippen molar-refractivity contribution in [2.24, 2.45) is 5.92 Å². The van der Waals surface area contributed by atoms with Crippen molar-refractivity contribution in [3.05, 3.63) is 29.3 Å². The summed E-state index contributed by atoms with van der Waals surface area (Å²) in [6.45, 7) is 4.26. The molecule has 3 nitrogen and oxygen atoms in total. The fraction of sp³-hybridized carbons (Fsp3) is 0.571. The summed E-state index contributed by atoms with van der Waals surface area (Å²) in [5.41, 5.74) is 1.85. The molecule has 0 aliphatic heterocycles. The maximum atomic E-state index is 12.3. The van der Waals surface area contributed by atoms with Crippen LogP contribution in [0.1, 0.15) is 30.4 Å². The Morgan fingerprint density at radius 2 is 2.05 bits per heavy atom. The zero-order valence-corrected chi connectivity index (χ0v) is 12.9. The smallest absolute Gasteiger partial charge is 0.211 e. The molecule has 0 radical (unpaired) electrons. The van der Waals surface area contributed by atoms with Gasteiger partial charge in [0.1, 0.15) is 0 Å². The number of aryl methyl sites for hydroxylation is 2. The van der Waals surface area contributed by atoms with Gasteiger partial charge in [0.25, 0.3) is 0 Å². The predicted octanol–water partition coefficient (Wildman–Crippen LogP) is 2.99. The molecule has 1 aromatic rings. The van der Waals surface area contributed by atoms with Crippen LogP contribution in [0.5, 0.6) is 0 Å². The van der Waals surface area contributed by atoms with Crippen LogP contribution in [0.4, 0.5) is 0 Å². The summed E-state index contributed by atoms with van der Waals surface area (Å²) in [7, 11) is -3.41. The molecular weight excluding hydrogens is 282 g/mol. The van der Waals surface area contributed by atoms with Gasteiger partial charge in [-0.3, -0.25) is 0 Å². The summed E-state index contributed by atoms with van der Waals surface area (Å²) < 4.78 is 27.2. The number of nitrogens with one attached hydrogen (secondary N) is 1. The van der Waals surface area contributed by atoms with Crippen LogP contribution in [-0.4, -0.2) is 20.3 Å². The number of hydrogen-bond acceptors (Lipinski definition) is 2. The van der Waals surface area contributed by atoms with E-state index >= 15 is 0 Å². The van der Waals surface area contributed by atoms with Crippen molar-refractivity contribution in [1.82, 2.24) is 4.72 Å². The Labute approximate surface area is 120 Å². The van der Waals surface area contributed by atoms with Crippen LogP contribution in [0.25, 0.3) is 0 Å². The van der Waals surface area contributed by atoms with Crippen molar-refractivity contribution >= 4 is 21.6 Å². The maximum Gasteiger partial charge on any atom is 0.240 e. The van der Waals surface area contributed by atoms with Gasteiger partial charge in [0, 0.05) is 11.9 Å². The van der Waals surface area contributed by atoms with E-state index in [0.29, 0.717) is 17.4 Å². The molecule has 0 bridgehead atoms. The van der Waals surface area contributed by atoms with Crippen molar-refractivity contribution in [2.45, 2.75) is 43.4 Å². The highest BCUT2D eigenvalue weighted by Gasteiger charge is 2.25. The van der Waals surface area contributed by atoms with Crippen molar-refractivity contribution in [3.63, 3.8) is 0 Å². The second-order valence-corrected chi connectivity index (χ2v) is 7.75. The average Bonchev–Trinajstić information content (AvgIpc) is 2.72. The average molecular weight is 302 g/mol. The first kappa shape index (κ1) is 14.8. The van der Waals surface area contributed by atoms with Crippen LogP contribution in [0.2, 0.25) is 0 Å². The number of sulfonamides is 1. The molecule has 0 saturated heterocycles. The number of benzene rings is 1. The largest absolute Gasteiger partial charge is 0.240 e. The summed E-state index contributed by atoms with van der Waals surface area (Å²) in [4.78, 5) is 0.374. The summed E-state index contributed by atoms with van der Waals surface area (Å²) >= 11 is 6.04. The number of alkyl halides is 1. The number of halogens is 1. The minimum Gasteiger partial charge on any atom is -0.211 e. The first-order valence-corrected chi connectivity index (χ1v) is 8.51. The highest BCUT2D eigenvalue weighted by atomic mass is 35.5. The fourth-order valence-electron chi connectivity index (χ4n) is 2.61. The lowest BCUT2D eigenvalue weighted by Gasteiger charge is -2.13. The summed E-state index contributed by atoms with van der Waals surface area (Å²) in [6.07, 6.45) is 2.89. The topological polar surface area (TPSA) is 46.2 Å². The van der Waals surface area contributed by atoms with Gasteiger partial charge >= 0.3 is 0 Å². The van der Waals surface area contributed by atoms with E-state index in [9.17, 15) is 8.42 Å². The molecule has 0 spiro atoms. The van der Waals surface area contributed by atoms with Crippen LogP contribution in [0.3, 0.4) is 0 Å². The normalized spacial score (nSPS) is 23.7. The lowest BCUT2D eigenvalue weighted by Crippen LogP contribution is -2.29. The Balaban J connectivity index is 2.06. The minimum atomic E-state index is -3.41. The summed E-state index contributed by atoms with van der Waals surface area (Å²) in [5.74, 6) is 0.364. The van der Waals surface area contributed by atoms with Gasteiger partial charge < -0.3 is 0 Å². The van der Waals surface area contributed by atoms with E-state index in [1.165, 1.54) is 0 Å². The van der Waals surface area contributed by atoms with Crippen molar-refractivity contribution in [3.8, 4) is 0 Å². The molecule has 1 fully saturated rings. The standard InChI is InChI=1S/C14H20ClNO2S/c1-10-3-6-14(11(2)7-10)19(17,18)16-9-12-4-5-13(15)8-12/h3,6-7,12-13,16H,4-5,8-9H2,1-2H3. The highest BCUT2D eigenvalue weighted by Crippen LogP contribution is 2.29. The first-order valence-electron chi connectivity index (χ1n) is 6.59. The lowest BCUT2D eigenvalue weighted by molar-refractivity contribution is 0.520. The van der Waals surface area contributed by atoms with E-state index in [4.69, 9.17) is 11.6 Å². The SMILES string of the molecule is Cc1ccc(S(=O)(=O)NCC2CCC(Cl)C2)c(C)c1. The van der Waals surface area contributed by atoms with Crippen molar-refractivity contribution < 1.29 is 8.42 Å². The van der Waals surface area contributed by atoms with Gasteiger partial charge in [0.2, 0.25) is 10.0 Å². The van der Waals surface area contributed by atoms with Crippen LogP contribution >= 0.6 is 11.6 Å².